The summed E-state index contributed by atoms with van der Waals surface area (Å²) in [5.74, 6) is -3.83. The number of halogens is 3. The van der Waals surface area contributed by atoms with Gasteiger partial charge in [-0.25, -0.2) is 8.78 Å². The average Bonchev–Trinajstić information content (AvgIpc) is 3.17. The molecule has 0 radical (unpaired) electrons. The molecule has 3 amide bonds. The second-order valence-electron chi connectivity index (χ2n) is 5.58. The van der Waals surface area contributed by atoms with Crippen LogP contribution in [0.15, 0.2) is 34.1 Å². The number of hydrogen-bond acceptors (Lipinski definition) is 4. The molecule has 1 aliphatic heterocycles. The molecule has 26 heavy (non-hydrogen) atoms. The number of thiophene rings is 1. The van der Waals surface area contributed by atoms with E-state index in [2.05, 4.69) is 26.8 Å². The molecule has 1 fully saturated rings. The lowest BCUT2D eigenvalue weighted by atomic mass is 10.1. The van der Waals surface area contributed by atoms with E-state index in [1.807, 2.05) is 0 Å². The molecule has 3 rings (SSSR count). The fraction of sp³-hybridized carbons (Fsp3) is 0.188. The van der Waals surface area contributed by atoms with Gasteiger partial charge in [0.15, 0.2) is 0 Å². The second kappa shape index (κ2) is 7.50. The van der Waals surface area contributed by atoms with Crippen LogP contribution in [0.1, 0.15) is 16.1 Å². The molecule has 1 aliphatic rings. The Labute approximate surface area is 159 Å². The fourth-order valence-corrected chi connectivity index (χ4v) is 3.83. The van der Waals surface area contributed by atoms with Crippen molar-refractivity contribution in [2.45, 2.75) is 6.42 Å². The SMILES string of the molecule is O=C(NNC(=O)C1CC(=O)N(c2cc(F)cc(F)c2)C1)c1ccc(Br)s1. The van der Waals surface area contributed by atoms with Crippen LogP contribution in [0.5, 0.6) is 0 Å². The van der Waals surface area contributed by atoms with Crippen LogP contribution in [-0.4, -0.2) is 24.3 Å². The summed E-state index contributed by atoms with van der Waals surface area (Å²) in [5, 5.41) is 0. The third kappa shape index (κ3) is 4.07. The number of carbonyl (C=O) groups is 3. The van der Waals surface area contributed by atoms with Gasteiger partial charge < -0.3 is 4.90 Å². The van der Waals surface area contributed by atoms with Gasteiger partial charge in [0.05, 0.1) is 14.6 Å². The van der Waals surface area contributed by atoms with Crippen molar-refractivity contribution in [1.82, 2.24) is 10.9 Å². The number of anilines is 1. The van der Waals surface area contributed by atoms with Crippen LogP contribution < -0.4 is 15.8 Å². The van der Waals surface area contributed by atoms with Gasteiger partial charge in [-0.05, 0) is 40.2 Å². The zero-order valence-electron chi connectivity index (χ0n) is 13.1. The molecule has 1 saturated heterocycles. The lowest BCUT2D eigenvalue weighted by molar-refractivity contribution is -0.126. The quantitative estimate of drug-likeness (QED) is 0.715. The Kier molecular flexibility index (Phi) is 5.33. The van der Waals surface area contributed by atoms with Gasteiger partial charge in [0.2, 0.25) is 11.8 Å². The summed E-state index contributed by atoms with van der Waals surface area (Å²) in [5.41, 5.74) is 4.60. The van der Waals surface area contributed by atoms with Gasteiger partial charge in [0, 0.05) is 24.7 Å². The Bertz CT molecular complexity index is 869. The third-order valence-corrected chi connectivity index (χ3v) is 5.37. The normalized spacial score (nSPS) is 16.7. The highest BCUT2D eigenvalue weighted by Gasteiger charge is 2.35. The van der Waals surface area contributed by atoms with Crippen molar-refractivity contribution in [3.8, 4) is 0 Å². The molecule has 0 bridgehead atoms. The van der Waals surface area contributed by atoms with Crippen LogP contribution in [0.3, 0.4) is 0 Å². The van der Waals surface area contributed by atoms with Crippen LogP contribution in [0.4, 0.5) is 14.5 Å². The molecule has 1 aromatic heterocycles. The van der Waals surface area contributed by atoms with Crippen LogP contribution >= 0.6 is 27.3 Å². The number of amides is 3. The Hall–Kier alpha value is -2.33. The van der Waals surface area contributed by atoms with E-state index in [0.717, 1.165) is 20.8 Å². The van der Waals surface area contributed by atoms with Gasteiger partial charge in [-0.2, -0.15) is 0 Å². The van der Waals surface area contributed by atoms with Crippen molar-refractivity contribution in [1.29, 1.82) is 0 Å². The minimum absolute atomic E-state index is 0.0337. The molecule has 0 saturated carbocycles. The third-order valence-electron chi connectivity index (χ3n) is 3.75. The topological polar surface area (TPSA) is 78.5 Å². The summed E-state index contributed by atoms with van der Waals surface area (Å²) in [6.07, 6.45) is -0.121. The lowest BCUT2D eigenvalue weighted by Crippen LogP contribution is -2.45. The Balaban J connectivity index is 1.61. The minimum atomic E-state index is -0.810. The van der Waals surface area contributed by atoms with E-state index in [0.29, 0.717) is 10.9 Å². The maximum atomic E-state index is 13.3. The average molecular weight is 444 g/mol. The van der Waals surface area contributed by atoms with Crippen LogP contribution in [-0.2, 0) is 9.59 Å². The van der Waals surface area contributed by atoms with Crippen LogP contribution in [0, 0.1) is 17.6 Å². The summed E-state index contributed by atoms with van der Waals surface area (Å²) < 4.78 is 27.4. The number of nitrogens with one attached hydrogen (secondary N) is 2. The molecule has 0 aliphatic carbocycles. The van der Waals surface area contributed by atoms with Gasteiger partial charge in [0.25, 0.3) is 5.91 Å². The first-order chi connectivity index (χ1) is 12.3. The summed E-state index contributed by atoms with van der Waals surface area (Å²) in [6.45, 7) is -0.0337. The van der Waals surface area contributed by atoms with Crippen LogP contribution in [0.2, 0.25) is 0 Å². The molecular formula is C16H12BrF2N3O3S. The highest BCUT2D eigenvalue weighted by molar-refractivity contribution is 9.11. The van der Waals surface area contributed by atoms with Gasteiger partial charge in [-0.1, -0.05) is 0 Å². The predicted octanol–water partition coefficient (Wildman–Crippen LogP) is 2.60. The van der Waals surface area contributed by atoms with Crippen molar-refractivity contribution in [3.63, 3.8) is 0 Å². The zero-order valence-corrected chi connectivity index (χ0v) is 15.5. The molecule has 1 aromatic carbocycles. The molecule has 136 valence electrons. The van der Waals surface area contributed by atoms with E-state index in [1.54, 1.807) is 12.1 Å². The van der Waals surface area contributed by atoms with Gasteiger partial charge in [0.1, 0.15) is 11.6 Å². The monoisotopic (exact) mass is 443 g/mol. The van der Waals surface area contributed by atoms with Crippen LogP contribution in [0.25, 0.3) is 0 Å². The highest BCUT2D eigenvalue weighted by Crippen LogP contribution is 2.26. The van der Waals surface area contributed by atoms with Crippen molar-refractivity contribution >= 4 is 50.7 Å². The first kappa shape index (κ1) is 18.5. The molecular weight excluding hydrogens is 432 g/mol. The van der Waals surface area contributed by atoms with E-state index < -0.39 is 35.3 Å². The Morgan fingerprint density at radius 1 is 1.15 bits per heavy atom. The van der Waals surface area contributed by atoms with E-state index in [1.165, 1.54) is 11.3 Å². The van der Waals surface area contributed by atoms with Crippen molar-refractivity contribution in [2.24, 2.45) is 5.92 Å². The van der Waals surface area contributed by atoms with Gasteiger partial charge in [-0.3, -0.25) is 25.2 Å². The lowest BCUT2D eigenvalue weighted by Gasteiger charge is -2.17. The van der Waals surface area contributed by atoms with Crippen molar-refractivity contribution in [3.05, 3.63) is 50.6 Å². The molecule has 1 unspecified atom stereocenters. The molecule has 10 heteroatoms. The summed E-state index contributed by atoms with van der Waals surface area (Å²) in [6, 6.07) is 6.05. The smallest absolute Gasteiger partial charge is 0.279 e. The summed E-state index contributed by atoms with van der Waals surface area (Å²) in [7, 11) is 0. The molecule has 6 nitrogen and oxygen atoms in total. The van der Waals surface area contributed by atoms with Gasteiger partial charge >= 0.3 is 0 Å². The number of hydrogen-bond donors (Lipinski definition) is 2. The zero-order chi connectivity index (χ0) is 18.8. The minimum Gasteiger partial charge on any atom is -0.311 e. The molecule has 1 atom stereocenters. The molecule has 2 aromatic rings. The predicted molar refractivity (Wildman–Crippen MR) is 94.4 cm³/mol. The van der Waals surface area contributed by atoms with E-state index in [4.69, 9.17) is 0 Å². The van der Waals surface area contributed by atoms with Crippen molar-refractivity contribution < 1.29 is 23.2 Å². The van der Waals surface area contributed by atoms with E-state index >= 15 is 0 Å². The molecule has 2 heterocycles. The van der Waals surface area contributed by atoms with E-state index in [-0.39, 0.29) is 18.7 Å². The number of hydrazine groups is 1. The first-order valence-electron chi connectivity index (χ1n) is 7.45. The van der Waals surface area contributed by atoms with Crippen molar-refractivity contribution in [2.75, 3.05) is 11.4 Å². The summed E-state index contributed by atoms with van der Waals surface area (Å²) in [4.78, 5) is 37.7. The number of nitrogens with zero attached hydrogens (tertiary/aromatic N) is 1. The molecule has 0 spiro atoms. The largest absolute Gasteiger partial charge is 0.311 e. The highest BCUT2D eigenvalue weighted by atomic mass is 79.9. The Morgan fingerprint density at radius 3 is 2.46 bits per heavy atom. The maximum absolute atomic E-state index is 13.3. The maximum Gasteiger partial charge on any atom is 0.279 e. The first-order valence-corrected chi connectivity index (χ1v) is 9.06. The second-order valence-corrected chi connectivity index (χ2v) is 8.04. The number of carbonyl (C=O) groups excluding carboxylic acids is 3. The Morgan fingerprint density at radius 2 is 1.85 bits per heavy atom. The molecule has 2 N–H and O–H groups in total. The standard InChI is InChI=1S/C16H12BrF2N3O3S/c17-13-2-1-12(26-13)16(25)21-20-15(24)8-3-14(23)22(7-8)11-5-9(18)4-10(19)6-11/h1-2,4-6,8H,3,7H2,(H,20,24)(H,21,25). The fourth-order valence-electron chi connectivity index (χ4n) is 2.55. The van der Waals surface area contributed by atoms with E-state index in [9.17, 15) is 23.2 Å². The number of benzene rings is 1. The van der Waals surface area contributed by atoms with Gasteiger partial charge in [-0.15, -0.1) is 11.3 Å². The summed E-state index contributed by atoms with van der Waals surface area (Å²) >= 11 is 4.44. The number of rotatable bonds is 3.